The molecule has 0 bridgehead atoms. The van der Waals surface area contributed by atoms with Crippen LogP contribution in [0.15, 0.2) is 52.1 Å². The van der Waals surface area contributed by atoms with Crippen molar-refractivity contribution in [2.75, 3.05) is 19.6 Å². The van der Waals surface area contributed by atoms with Crippen LogP contribution in [0, 0.1) is 5.82 Å². The molecule has 0 radical (unpaired) electrons. The molecule has 2 aromatic carbocycles. The van der Waals surface area contributed by atoms with E-state index in [1.165, 1.54) is 23.9 Å². The van der Waals surface area contributed by atoms with Crippen LogP contribution in [0.1, 0.15) is 18.5 Å². The largest absolute Gasteiger partial charge is 0.454 e. The summed E-state index contributed by atoms with van der Waals surface area (Å²) in [5.41, 5.74) is 1.57. The summed E-state index contributed by atoms with van der Waals surface area (Å²) >= 11 is 1.17. The monoisotopic (exact) mass is 415 g/mol. The molecular weight excluding hydrogens is 397 g/mol. The number of halogens is 1. The first-order valence-corrected chi connectivity index (χ1v) is 9.87. The molecule has 4 rings (SSSR count). The Morgan fingerprint density at radius 3 is 2.72 bits per heavy atom. The van der Waals surface area contributed by atoms with Gasteiger partial charge < -0.3 is 18.8 Å². The first kappa shape index (κ1) is 19.3. The Bertz CT molecular complexity index is 1020. The minimum atomic E-state index is -0.305. The van der Waals surface area contributed by atoms with Gasteiger partial charge in [0.25, 0.3) is 5.22 Å². The highest BCUT2D eigenvalue weighted by Crippen LogP contribution is 2.36. The highest BCUT2D eigenvalue weighted by molar-refractivity contribution is 7.99. The molecule has 1 aliphatic rings. The van der Waals surface area contributed by atoms with Crippen molar-refractivity contribution in [2.45, 2.75) is 18.2 Å². The second-order valence-corrected chi connectivity index (χ2v) is 7.39. The molecule has 7 nitrogen and oxygen atoms in total. The number of hydrogen-bond donors (Lipinski definition) is 0. The van der Waals surface area contributed by atoms with Crippen LogP contribution in [0.3, 0.4) is 0 Å². The fourth-order valence-electron chi connectivity index (χ4n) is 2.82. The number of thioether (sulfide) groups is 1. The van der Waals surface area contributed by atoms with Gasteiger partial charge in [0.2, 0.25) is 18.6 Å². The van der Waals surface area contributed by atoms with E-state index < -0.39 is 0 Å². The number of nitrogens with zero attached hydrogens (tertiary/aromatic N) is 3. The van der Waals surface area contributed by atoms with Crippen molar-refractivity contribution in [3.05, 3.63) is 53.8 Å². The van der Waals surface area contributed by atoms with E-state index in [2.05, 4.69) is 10.2 Å². The van der Waals surface area contributed by atoms with Gasteiger partial charge in [0.15, 0.2) is 11.5 Å². The molecule has 9 heteroatoms. The molecule has 29 heavy (non-hydrogen) atoms. The zero-order valence-corrected chi connectivity index (χ0v) is 16.6. The number of benzene rings is 2. The SMILES string of the molecule is CC(c1ccc(F)cc1)N(C)C(=O)CSc1nnc(-c2ccc3c(c2)OCO3)o1. The van der Waals surface area contributed by atoms with Gasteiger partial charge in [-0.25, -0.2) is 4.39 Å². The highest BCUT2D eigenvalue weighted by atomic mass is 32.2. The topological polar surface area (TPSA) is 77.7 Å². The number of aromatic nitrogens is 2. The van der Waals surface area contributed by atoms with Crippen LogP contribution in [-0.4, -0.2) is 40.6 Å². The number of rotatable bonds is 6. The quantitative estimate of drug-likeness (QED) is 0.565. The second kappa shape index (κ2) is 8.12. The molecule has 1 atom stereocenters. The average Bonchev–Trinajstić information content (AvgIpc) is 3.40. The number of hydrogen-bond acceptors (Lipinski definition) is 7. The van der Waals surface area contributed by atoms with E-state index in [4.69, 9.17) is 13.9 Å². The Balaban J connectivity index is 1.36. The number of carbonyl (C=O) groups excluding carboxylic acids is 1. The van der Waals surface area contributed by atoms with Crippen LogP contribution in [0.4, 0.5) is 4.39 Å². The Morgan fingerprint density at radius 2 is 1.93 bits per heavy atom. The first-order chi connectivity index (χ1) is 14.0. The van der Waals surface area contributed by atoms with Gasteiger partial charge in [-0.3, -0.25) is 4.79 Å². The lowest BCUT2D eigenvalue weighted by atomic mass is 10.1. The second-order valence-electron chi connectivity index (χ2n) is 6.46. The lowest BCUT2D eigenvalue weighted by Crippen LogP contribution is -2.31. The van der Waals surface area contributed by atoms with Gasteiger partial charge in [0.05, 0.1) is 11.8 Å². The highest BCUT2D eigenvalue weighted by Gasteiger charge is 2.20. The van der Waals surface area contributed by atoms with Gasteiger partial charge in [0.1, 0.15) is 5.82 Å². The zero-order chi connectivity index (χ0) is 20.4. The molecule has 1 unspecified atom stereocenters. The predicted molar refractivity (Wildman–Crippen MR) is 104 cm³/mol. The van der Waals surface area contributed by atoms with Gasteiger partial charge in [-0.2, -0.15) is 0 Å². The van der Waals surface area contributed by atoms with Crippen LogP contribution in [0.25, 0.3) is 11.5 Å². The van der Waals surface area contributed by atoms with Crippen molar-refractivity contribution in [3.8, 4) is 23.0 Å². The summed E-state index contributed by atoms with van der Waals surface area (Å²) in [6.45, 7) is 2.08. The standard InChI is InChI=1S/C20H18FN3O4S/c1-12(13-3-6-15(21)7-4-13)24(2)18(25)10-29-20-23-22-19(28-20)14-5-8-16-17(9-14)27-11-26-16/h3-9,12H,10-11H2,1-2H3. The first-order valence-electron chi connectivity index (χ1n) is 8.88. The van der Waals surface area contributed by atoms with E-state index >= 15 is 0 Å². The fraction of sp³-hybridized carbons (Fsp3) is 0.250. The molecule has 150 valence electrons. The van der Waals surface area contributed by atoms with Crippen LogP contribution < -0.4 is 9.47 Å². The maximum absolute atomic E-state index is 13.1. The fourth-order valence-corrected chi connectivity index (χ4v) is 3.51. The molecule has 0 spiro atoms. The van der Waals surface area contributed by atoms with E-state index in [1.807, 2.05) is 6.92 Å². The van der Waals surface area contributed by atoms with Crippen LogP contribution in [0.5, 0.6) is 11.5 Å². The average molecular weight is 415 g/mol. The lowest BCUT2D eigenvalue weighted by molar-refractivity contribution is -0.128. The summed E-state index contributed by atoms with van der Waals surface area (Å²) in [5.74, 6) is 1.37. The summed E-state index contributed by atoms with van der Waals surface area (Å²) in [7, 11) is 1.71. The van der Waals surface area contributed by atoms with E-state index in [0.29, 0.717) is 28.2 Å². The van der Waals surface area contributed by atoms with Crippen LogP contribution in [0.2, 0.25) is 0 Å². The predicted octanol–water partition coefficient (Wildman–Crippen LogP) is 3.92. The molecule has 1 aliphatic heterocycles. The third kappa shape index (κ3) is 4.19. The summed E-state index contributed by atoms with van der Waals surface area (Å²) in [5, 5.41) is 8.32. The number of fused-ring (bicyclic) bond motifs is 1. The lowest BCUT2D eigenvalue weighted by Gasteiger charge is -2.25. The maximum atomic E-state index is 13.1. The van der Waals surface area contributed by atoms with Gasteiger partial charge >= 0.3 is 0 Å². The molecular formula is C20H18FN3O4S. The summed E-state index contributed by atoms with van der Waals surface area (Å²) in [4.78, 5) is 14.1. The van der Waals surface area contributed by atoms with Gasteiger partial charge in [-0.1, -0.05) is 23.9 Å². The minimum absolute atomic E-state index is 0.102. The minimum Gasteiger partial charge on any atom is -0.454 e. The number of carbonyl (C=O) groups is 1. The zero-order valence-electron chi connectivity index (χ0n) is 15.8. The Labute approximate surface area is 170 Å². The third-order valence-electron chi connectivity index (χ3n) is 4.67. The Morgan fingerprint density at radius 1 is 1.17 bits per heavy atom. The van der Waals surface area contributed by atoms with Crippen molar-refractivity contribution in [1.29, 1.82) is 0 Å². The van der Waals surface area contributed by atoms with E-state index in [9.17, 15) is 9.18 Å². The van der Waals surface area contributed by atoms with Crippen molar-refractivity contribution in [1.82, 2.24) is 15.1 Å². The Hall–Kier alpha value is -3.07. The summed E-state index contributed by atoms with van der Waals surface area (Å²) in [6, 6.07) is 11.3. The van der Waals surface area contributed by atoms with Crippen LogP contribution >= 0.6 is 11.8 Å². The maximum Gasteiger partial charge on any atom is 0.277 e. The van der Waals surface area contributed by atoms with Gasteiger partial charge in [-0.15, -0.1) is 10.2 Å². The summed E-state index contributed by atoms with van der Waals surface area (Å²) in [6.07, 6.45) is 0. The van der Waals surface area contributed by atoms with Crippen molar-refractivity contribution < 1.29 is 23.1 Å². The van der Waals surface area contributed by atoms with E-state index in [1.54, 1.807) is 42.3 Å². The third-order valence-corrected chi connectivity index (χ3v) is 5.48. The summed E-state index contributed by atoms with van der Waals surface area (Å²) < 4.78 is 29.4. The van der Waals surface area contributed by atoms with Crippen LogP contribution in [-0.2, 0) is 4.79 Å². The molecule has 3 aromatic rings. The molecule has 1 aromatic heterocycles. The Kier molecular flexibility index (Phi) is 5.39. The molecule has 2 heterocycles. The number of ether oxygens (including phenoxy) is 2. The van der Waals surface area contributed by atoms with Gasteiger partial charge in [-0.05, 0) is 42.8 Å². The molecule has 1 amide bonds. The normalized spacial score (nSPS) is 13.3. The smallest absolute Gasteiger partial charge is 0.277 e. The number of amides is 1. The molecule has 0 aliphatic carbocycles. The van der Waals surface area contributed by atoms with E-state index in [0.717, 1.165) is 5.56 Å². The molecule has 0 saturated heterocycles. The van der Waals surface area contributed by atoms with E-state index in [-0.39, 0.29) is 30.3 Å². The van der Waals surface area contributed by atoms with Crippen molar-refractivity contribution in [3.63, 3.8) is 0 Å². The molecule has 0 fully saturated rings. The molecule has 0 N–H and O–H groups in total. The van der Waals surface area contributed by atoms with Crippen molar-refractivity contribution in [2.24, 2.45) is 0 Å². The van der Waals surface area contributed by atoms with Crippen molar-refractivity contribution >= 4 is 17.7 Å². The molecule has 0 saturated carbocycles. The van der Waals surface area contributed by atoms with Gasteiger partial charge in [0, 0.05) is 12.6 Å².